The molecule has 1 heterocycles. The van der Waals surface area contributed by atoms with Crippen molar-refractivity contribution in [1.82, 2.24) is 4.98 Å². The van der Waals surface area contributed by atoms with Crippen LogP contribution in [0, 0.1) is 0 Å². The third-order valence-corrected chi connectivity index (χ3v) is 5.75. The smallest absolute Gasteiger partial charge is 0.337 e. The molecular formula is C21H20N2O7S. The molecule has 0 spiro atoms. The van der Waals surface area contributed by atoms with Gasteiger partial charge in [-0.1, -0.05) is 0 Å². The monoisotopic (exact) mass is 444 g/mol. The molecule has 3 aromatic rings. The summed E-state index contributed by atoms with van der Waals surface area (Å²) in [6.07, 6.45) is 1.54. The van der Waals surface area contributed by atoms with Crippen molar-refractivity contribution in [2.45, 2.75) is 11.8 Å². The Bertz CT molecular complexity index is 1220. The van der Waals surface area contributed by atoms with E-state index in [1.165, 1.54) is 50.7 Å². The first kappa shape index (κ1) is 22.0. The quantitative estimate of drug-likeness (QED) is 0.552. The number of sulfonamides is 1. The summed E-state index contributed by atoms with van der Waals surface area (Å²) >= 11 is 0. The van der Waals surface area contributed by atoms with Crippen LogP contribution in [0.5, 0.6) is 5.75 Å². The summed E-state index contributed by atoms with van der Waals surface area (Å²) in [5.74, 6) is -1.01. The van der Waals surface area contributed by atoms with Gasteiger partial charge in [0.15, 0.2) is 0 Å². The minimum atomic E-state index is -4.12. The molecule has 0 amide bonds. The molecule has 162 valence electrons. The largest absolute Gasteiger partial charge is 0.492 e. The van der Waals surface area contributed by atoms with Crippen LogP contribution in [-0.4, -0.2) is 46.2 Å². The average molecular weight is 444 g/mol. The number of hydrogen-bond donors (Lipinski definition) is 1. The van der Waals surface area contributed by atoms with Crippen molar-refractivity contribution >= 4 is 38.6 Å². The number of nitrogens with zero attached hydrogens (tertiary/aromatic N) is 1. The van der Waals surface area contributed by atoms with E-state index in [4.69, 9.17) is 4.74 Å². The minimum Gasteiger partial charge on any atom is -0.492 e. The Morgan fingerprint density at radius 3 is 2.23 bits per heavy atom. The van der Waals surface area contributed by atoms with Crippen molar-refractivity contribution in [1.29, 1.82) is 0 Å². The average Bonchev–Trinajstić information content (AvgIpc) is 2.77. The van der Waals surface area contributed by atoms with Gasteiger partial charge >= 0.3 is 11.9 Å². The summed E-state index contributed by atoms with van der Waals surface area (Å²) in [5.41, 5.74) is 0.364. The van der Waals surface area contributed by atoms with Gasteiger partial charge < -0.3 is 14.2 Å². The van der Waals surface area contributed by atoms with Crippen molar-refractivity contribution in [2.24, 2.45) is 0 Å². The third-order valence-electron chi connectivity index (χ3n) is 4.31. The molecule has 0 aliphatic heterocycles. The lowest BCUT2D eigenvalue weighted by Gasteiger charge is -2.14. The lowest BCUT2D eigenvalue weighted by molar-refractivity contribution is 0.0599. The second-order valence-electron chi connectivity index (χ2n) is 6.28. The summed E-state index contributed by atoms with van der Waals surface area (Å²) < 4.78 is 43.6. The summed E-state index contributed by atoms with van der Waals surface area (Å²) in [5, 5.41) is 0.360. The number of esters is 2. The van der Waals surface area contributed by atoms with Crippen molar-refractivity contribution in [3.63, 3.8) is 0 Å². The SMILES string of the molecule is CCOc1ccc(S(=O)(=O)Nc2cc(C(=O)OC)cc(C(=O)OC)c2)c2cccnc12. The number of anilines is 1. The first-order valence-electron chi connectivity index (χ1n) is 9.15. The van der Waals surface area contributed by atoms with Gasteiger partial charge in [-0.3, -0.25) is 9.71 Å². The third kappa shape index (κ3) is 4.58. The highest BCUT2D eigenvalue weighted by molar-refractivity contribution is 7.93. The molecule has 0 unspecified atom stereocenters. The van der Waals surface area contributed by atoms with Gasteiger partial charge in [0, 0.05) is 11.6 Å². The molecule has 2 aromatic carbocycles. The van der Waals surface area contributed by atoms with Crippen LogP contribution in [-0.2, 0) is 19.5 Å². The van der Waals surface area contributed by atoms with Gasteiger partial charge in [-0.25, -0.2) is 18.0 Å². The molecule has 0 aliphatic carbocycles. The summed E-state index contributed by atoms with van der Waals surface area (Å²) in [4.78, 5) is 28.1. The molecule has 9 nitrogen and oxygen atoms in total. The Hall–Kier alpha value is -3.66. The van der Waals surface area contributed by atoms with E-state index in [1.807, 2.05) is 6.92 Å². The molecular weight excluding hydrogens is 424 g/mol. The number of ether oxygens (including phenoxy) is 3. The van der Waals surface area contributed by atoms with E-state index < -0.39 is 22.0 Å². The van der Waals surface area contributed by atoms with Crippen molar-refractivity contribution in [3.05, 3.63) is 59.8 Å². The Labute approximate surface area is 179 Å². The molecule has 31 heavy (non-hydrogen) atoms. The van der Waals surface area contributed by atoms with Crippen molar-refractivity contribution in [3.8, 4) is 5.75 Å². The summed E-state index contributed by atoms with van der Waals surface area (Å²) in [6.45, 7) is 2.21. The first-order valence-corrected chi connectivity index (χ1v) is 10.6. The van der Waals surface area contributed by atoms with Gasteiger partial charge in [-0.05, 0) is 49.4 Å². The fourth-order valence-corrected chi connectivity index (χ4v) is 4.23. The van der Waals surface area contributed by atoms with E-state index in [0.717, 1.165) is 0 Å². The molecule has 1 aromatic heterocycles. The lowest BCUT2D eigenvalue weighted by atomic mass is 10.1. The minimum absolute atomic E-state index is 0.00535. The standard InChI is InChI=1S/C21H20N2O7S/c1-4-30-17-7-8-18(16-6-5-9-22-19(16)17)31(26,27)23-15-11-13(20(24)28-2)10-14(12-15)21(25)29-3/h5-12,23H,4H2,1-3H3. The van der Waals surface area contributed by atoms with Gasteiger partial charge in [0.2, 0.25) is 0 Å². The number of nitrogens with one attached hydrogen (secondary N) is 1. The van der Waals surface area contributed by atoms with E-state index >= 15 is 0 Å². The highest BCUT2D eigenvalue weighted by Crippen LogP contribution is 2.31. The summed E-state index contributed by atoms with van der Waals surface area (Å²) in [6, 6.07) is 9.96. The van der Waals surface area contributed by atoms with Crippen LogP contribution in [0.1, 0.15) is 27.6 Å². The number of methoxy groups -OCH3 is 2. The fourth-order valence-electron chi connectivity index (χ4n) is 2.99. The highest BCUT2D eigenvalue weighted by Gasteiger charge is 2.22. The van der Waals surface area contributed by atoms with E-state index in [2.05, 4.69) is 19.2 Å². The topological polar surface area (TPSA) is 121 Å². The van der Waals surface area contributed by atoms with Crippen LogP contribution in [0.3, 0.4) is 0 Å². The van der Waals surface area contributed by atoms with Crippen LogP contribution in [0.25, 0.3) is 10.9 Å². The molecule has 3 rings (SSSR count). The maximum absolute atomic E-state index is 13.2. The Morgan fingerprint density at radius 1 is 1.00 bits per heavy atom. The van der Waals surface area contributed by atoms with Crippen molar-refractivity contribution in [2.75, 3.05) is 25.5 Å². The maximum atomic E-state index is 13.2. The second kappa shape index (κ2) is 9.00. The maximum Gasteiger partial charge on any atom is 0.337 e. The fraction of sp³-hybridized carbons (Fsp3) is 0.190. The van der Waals surface area contributed by atoms with Gasteiger partial charge in [-0.2, -0.15) is 0 Å². The zero-order chi connectivity index (χ0) is 22.6. The van der Waals surface area contributed by atoms with Crippen LogP contribution >= 0.6 is 0 Å². The Morgan fingerprint density at radius 2 is 1.65 bits per heavy atom. The number of aromatic nitrogens is 1. The number of pyridine rings is 1. The molecule has 0 saturated carbocycles. The van der Waals surface area contributed by atoms with E-state index in [9.17, 15) is 18.0 Å². The van der Waals surface area contributed by atoms with Crippen LogP contribution in [0.15, 0.2) is 53.6 Å². The van der Waals surface area contributed by atoms with Crippen LogP contribution in [0.2, 0.25) is 0 Å². The molecule has 0 saturated heterocycles. The molecule has 0 radical (unpaired) electrons. The molecule has 0 bridgehead atoms. The normalized spacial score (nSPS) is 11.1. The Kier molecular flexibility index (Phi) is 6.40. The predicted octanol–water partition coefficient (Wildman–Crippen LogP) is 3.01. The van der Waals surface area contributed by atoms with Gasteiger partial charge in [-0.15, -0.1) is 0 Å². The number of rotatable bonds is 7. The molecule has 0 atom stereocenters. The van der Waals surface area contributed by atoms with Gasteiger partial charge in [0.05, 0.1) is 42.5 Å². The number of hydrogen-bond acceptors (Lipinski definition) is 8. The molecule has 0 fully saturated rings. The van der Waals surface area contributed by atoms with Crippen LogP contribution < -0.4 is 9.46 Å². The van der Waals surface area contributed by atoms with Crippen molar-refractivity contribution < 1.29 is 32.2 Å². The van der Waals surface area contributed by atoms with Gasteiger partial charge in [0.25, 0.3) is 10.0 Å². The lowest BCUT2D eigenvalue weighted by Crippen LogP contribution is -2.15. The number of fused-ring (bicyclic) bond motifs is 1. The molecule has 10 heteroatoms. The van der Waals surface area contributed by atoms with Gasteiger partial charge in [0.1, 0.15) is 11.3 Å². The molecule has 1 N–H and O–H groups in total. The zero-order valence-corrected chi connectivity index (χ0v) is 17.9. The number of carbonyl (C=O) groups excluding carboxylic acids is 2. The zero-order valence-electron chi connectivity index (χ0n) is 17.0. The molecule has 0 aliphatic rings. The predicted molar refractivity (Wildman–Crippen MR) is 113 cm³/mol. The van der Waals surface area contributed by atoms with E-state index in [-0.39, 0.29) is 21.7 Å². The summed E-state index contributed by atoms with van der Waals surface area (Å²) in [7, 11) is -1.77. The Balaban J connectivity index is 2.10. The number of benzene rings is 2. The van der Waals surface area contributed by atoms with E-state index in [0.29, 0.717) is 23.3 Å². The highest BCUT2D eigenvalue weighted by atomic mass is 32.2. The first-order chi connectivity index (χ1) is 14.8. The number of carbonyl (C=O) groups is 2. The van der Waals surface area contributed by atoms with E-state index in [1.54, 1.807) is 12.1 Å². The van der Waals surface area contributed by atoms with Crippen LogP contribution in [0.4, 0.5) is 5.69 Å². The second-order valence-corrected chi connectivity index (χ2v) is 7.93.